The van der Waals surface area contributed by atoms with E-state index in [1.807, 2.05) is 0 Å². The second kappa shape index (κ2) is 8.41. The molecular formula is C12H20N4O2. The molecule has 0 aliphatic rings. The predicted molar refractivity (Wildman–Crippen MR) is 69.2 cm³/mol. The number of hydrogen-bond acceptors (Lipinski definition) is 4. The molecule has 1 aromatic rings. The van der Waals surface area contributed by atoms with E-state index in [4.69, 9.17) is 5.11 Å². The summed E-state index contributed by atoms with van der Waals surface area (Å²) in [5.74, 6) is 0.438. The summed E-state index contributed by atoms with van der Waals surface area (Å²) >= 11 is 0. The van der Waals surface area contributed by atoms with E-state index in [1.165, 1.54) is 0 Å². The summed E-state index contributed by atoms with van der Waals surface area (Å²) in [4.78, 5) is 13.7. The SMILES string of the molecule is CCCCN(CCCO)C(=O)Nc1cccnn1. The highest BCUT2D eigenvalue weighted by Crippen LogP contribution is 2.03. The molecule has 0 atom stereocenters. The average molecular weight is 252 g/mol. The summed E-state index contributed by atoms with van der Waals surface area (Å²) in [6.07, 6.45) is 4.10. The quantitative estimate of drug-likeness (QED) is 0.770. The zero-order valence-corrected chi connectivity index (χ0v) is 10.7. The number of carbonyl (C=O) groups excluding carboxylic acids is 1. The fourth-order valence-corrected chi connectivity index (χ4v) is 1.48. The second-order valence-electron chi connectivity index (χ2n) is 3.96. The molecule has 2 N–H and O–H groups in total. The van der Waals surface area contributed by atoms with Crippen LogP contribution in [0.3, 0.4) is 0 Å². The van der Waals surface area contributed by atoms with Crippen molar-refractivity contribution in [3.63, 3.8) is 0 Å². The van der Waals surface area contributed by atoms with Gasteiger partial charge < -0.3 is 10.0 Å². The minimum Gasteiger partial charge on any atom is -0.396 e. The van der Waals surface area contributed by atoms with Gasteiger partial charge in [0, 0.05) is 25.9 Å². The maximum atomic E-state index is 12.0. The van der Waals surface area contributed by atoms with Crippen LogP contribution in [0.2, 0.25) is 0 Å². The predicted octanol–water partition coefficient (Wildman–Crippen LogP) is 1.49. The number of carbonyl (C=O) groups is 1. The normalized spacial score (nSPS) is 10.1. The lowest BCUT2D eigenvalue weighted by Crippen LogP contribution is -2.37. The fourth-order valence-electron chi connectivity index (χ4n) is 1.48. The van der Waals surface area contributed by atoms with Gasteiger partial charge in [-0.25, -0.2) is 4.79 Å². The van der Waals surface area contributed by atoms with Crippen molar-refractivity contribution in [2.75, 3.05) is 25.0 Å². The van der Waals surface area contributed by atoms with Crippen molar-refractivity contribution >= 4 is 11.8 Å². The minimum atomic E-state index is -0.197. The highest BCUT2D eigenvalue weighted by Gasteiger charge is 2.12. The van der Waals surface area contributed by atoms with Crippen molar-refractivity contribution in [2.24, 2.45) is 0 Å². The largest absolute Gasteiger partial charge is 0.396 e. The Kier molecular flexibility index (Phi) is 6.71. The third kappa shape index (κ3) is 5.09. The van der Waals surface area contributed by atoms with Crippen LogP contribution in [0.1, 0.15) is 26.2 Å². The highest BCUT2D eigenvalue weighted by molar-refractivity contribution is 5.88. The number of aromatic nitrogens is 2. The van der Waals surface area contributed by atoms with Crippen LogP contribution in [0.5, 0.6) is 0 Å². The molecule has 0 radical (unpaired) electrons. The Labute approximate surface area is 107 Å². The molecule has 0 spiro atoms. The maximum Gasteiger partial charge on any atom is 0.323 e. The third-order valence-electron chi connectivity index (χ3n) is 2.46. The molecule has 100 valence electrons. The van der Waals surface area contributed by atoms with E-state index in [0.717, 1.165) is 12.8 Å². The Morgan fingerprint density at radius 1 is 1.44 bits per heavy atom. The van der Waals surface area contributed by atoms with Crippen molar-refractivity contribution in [3.8, 4) is 0 Å². The number of nitrogens with zero attached hydrogens (tertiary/aromatic N) is 3. The summed E-state index contributed by atoms with van der Waals surface area (Å²) in [7, 11) is 0. The number of hydrogen-bond donors (Lipinski definition) is 2. The van der Waals surface area contributed by atoms with E-state index in [0.29, 0.717) is 25.3 Å². The number of aliphatic hydroxyl groups is 1. The van der Waals surface area contributed by atoms with Crippen LogP contribution in [0.25, 0.3) is 0 Å². The molecule has 1 heterocycles. The van der Waals surface area contributed by atoms with Gasteiger partial charge in [-0.3, -0.25) is 5.32 Å². The van der Waals surface area contributed by atoms with E-state index in [9.17, 15) is 4.79 Å². The summed E-state index contributed by atoms with van der Waals surface area (Å²) in [5.41, 5.74) is 0. The number of rotatable bonds is 7. The van der Waals surface area contributed by atoms with E-state index in [2.05, 4.69) is 22.4 Å². The fraction of sp³-hybridized carbons (Fsp3) is 0.583. The molecule has 6 nitrogen and oxygen atoms in total. The number of anilines is 1. The minimum absolute atomic E-state index is 0.0844. The smallest absolute Gasteiger partial charge is 0.323 e. The molecular weight excluding hydrogens is 232 g/mol. The van der Waals surface area contributed by atoms with Gasteiger partial charge in [0.2, 0.25) is 0 Å². The third-order valence-corrected chi connectivity index (χ3v) is 2.46. The zero-order valence-electron chi connectivity index (χ0n) is 10.7. The van der Waals surface area contributed by atoms with Gasteiger partial charge in [0.05, 0.1) is 0 Å². The van der Waals surface area contributed by atoms with Crippen LogP contribution >= 0.6 is 0 Å². The van der Waals surface area contributed by atoms with Gasteiger partial charge in [0.15, 0.2) is 5.82 Å². The molecule has 0 unspecified atom stereocenters. The lowest BCUT2D eigenvalue weighted by atomic mass is 10.3. The first-order chi connectivity index (χ1) is 8.77. The second-order valence-corrected chi connectivity index (χ2v) is 3.96. The van der Waals surface area contributed by atoms with Gasteiger partial charge in [0.25, 0.3) is 0 Å². The first kappa shape index (κ1) is 14.4. The molecule has 0 saturated carbocycles. The summed E-state index contributed by atoms with van der Waals surface area (Å²) in [5, 5.41) is 19.0. The standard InChI is InChI=1S/C12H20N4O2/c1-2-3-8-16(9-5-10-17)12(18)14-11-6-4-7-13-15-11/h4,6-7,17H,2-3,5,8-10H2,1H3,(H,14,15,18). The zero-order chi connectivity index (χ0) is 13.2. The summed E-state index contributed by atoms with van der Waals surface area (Å²) in [6, 6.07) is 3.21. The van der Waals surface area contributed by atoms with Gasteiger partial charge in [-0.05, 0) is 25.0 Å². The van der Waals surface area contributed by atoms with Crippen LogP contribution < -0.4 is 5.32 Å². The molecule has 1 rings (SSSR count). The molecule has 6 heteroatoms. The van der Waals surface area contributed by atoms with E-state index < -0.39 is 0 Å². The van der Waals surface area contributed by atoms with Gasteiger partial charge in [0.1, 0.15) is 0 Å². The van der Waals surface area contributed by atoms with Crippen LogP contribution in [0.4, 0.5) is 10.6 Å². The van der Waals surface area contributed by atoms with Crippen LogP contribution in [0, 0.1) is 0 Å². The van der Waals surface area contributed by atoms with Crippen LogP contribution in [0.15, 0.2) is 18.3 Å². The van der Waals surface area contributed by atoms with Crippen molar-refractivity contribution < 1.29 is 9.90 Å². The molecule has 0 aromatic carbocycles. The van der Waals surface area contributed by atoms with Gasteiger partial charge in [-0.15, -0.1) is 5.10 Å². The first-order valence-electron chi connectivity index (χ1n) is 6.22. The molecule has 0 aliphatic heterocycles. The molecule has 0 saturated heterocycles. The lowest BCUT2D eigenvalue weighted by molar-refractivity contribution is 0.201. The van der Waals surface area contributed by atoms with E-state index in [1.54, 1.807) is 23.2 Å². The molecule has 0 bridgehead atoms. The topological polar surface area (TPSA) is 78.4 Å². The summed E-state index contributed by atoms with van der Waals surface area (Å²) < 4.78 is 0. The Morgan fingerprint density at radius 3 is 2.83 bits per heavy atom. The lowest BCUT2D eigenvalue weighted by Gasteiger charge is -2.22. The average Bonchev–Trinajstić information content (AvgIpc) is 2.40. The van der Waals surface area contributed by atoms with Crippen molar-refractivity contribution in [2.45, 2.75) is 26.2 Å². The Balaban J connectivity index is 2.52. The Bertz CT molecular complexity index is 337. The van der Waals surface area contributed by atoms with Crippen molar-refractivity contribution in [1.82, 2.24) is 15.1 Å². The molecule has 0 aliphatic carbocycles. The number of aliphatic hydroxyl groups excluding tert-OH is 1. The Hall–Kier alpha value is -1.69. The Morgan fingerprint density at radius 2 is 2.22 bits per heavy atom. The monoisotopic (exact) mass is 252 g/mol. The van der Waals surface area contributed by atoms with E-state index >= 15 is 0 Å². The number of urea groups is 1. The molecule has 18 heavy (non-hydrogen) atoms. The summed E-state index contributed by atoms with van der Waals surface area (Å²) in [6.45, 7) is 3.39. The van der Waals surface area contributed by atoms with E-state index in [-0.39, 0.29) is 12.6 Å². The van der Waals surface area contributed by atoms with Crippen molar-refractivity contribution in [1.29, 1.82) is 0 Å². The van der Waals surface area contributed by atoms with Crippen molar-refractivity contribution in [3.05, 3.63) is 18.3 Å². The number of amides is 2. The maximum absolute atomic E-state index is 12.0. The van der Waals surface area contributed by atoms with Gasteiger partial charge >= 0.3 is 6.03 Å². The molecule has 2 amide bonds. The number of unbranched alkanes of at least 4 members (excludes halogenated alkanes) is 1. The van der Waals surface area contributed by atoms with Crippen LogP contribution in [-0.4, -0.2) is 45.9 Å². The highest BCUT2D eigenvalue weighted by atomic mass is 16.3. The number of nitrogens with one attached hydrogen (secondary N) is 1. The first-order valence-corrected chi connectivity index (χ1v) is 6.22. The van der Waals surface area contributed by atoms with Gasteiger partial charge in [-0.1, -0.05) is 13.3 Å². The molecule has 1 aromatic heterocycles. The van der Waals surface area contributed by atoms with Gasteiger partial charge in [-0.2, -0.15) is 5.10 Å². The molecule has 0 fully saturated rings. The van der Waals surface area contributed by atoms with Crippen LogP contribution in [-0.2, 0) is 0 Å².